The van der Waals surface area contributed by atoms with Crippen LogP contribution >= 0.6 is 0 Å². The van der Waals surface area contributed by atoms with E-state index in [1.54, 1.807) is 0 Å². The lowest BCUT2D eigenvalue weighted by molar-refractivity contribution is -0.168. The monoisotopic (exact) mass is 412 g/mol. The summed E-state index contributed by atoms with van der Waals surface area (Å²) in [6.45, 7) is 6.40. The molecule has 4 amide bonds. The quantitative estimate of drug-likeness (QED) is 0.562. The molecule has 1 aromatic rings. The van der Waals surface area contributed by atoms with E-state index in [9.17, 15) is 14.4 Å². The fourth-order valence-electron chi connectivity index (χ4n) is 5.53. The second kappa shape index (κ2) is 8.91. The van der Waals surface area contributed by atoms with Gasteiger partial charge >= 0.3 is 6.03 Å². The van der Waals surface area contributed by atoms with Gasteiger partial charge in [-0.05, 0) is 55.4 Å². The van der Waals surface area contributed by atoms with Gasteiger partial charge in [0.1, 0.15) is 5.41 Å². The van der Waals surface area contributed by atoms with Gasteiger partial charge in [0.15, 0.2) is 0 Å². The molecule has 0 bridgehead atoms. The van der Waals surface area contributed by atoms with Crippen LogP contribution in [0, 0.1) is 16.7 Å². The number of urea groups is 1. The van der Waals surface area contributed by atoms with Crippen LogP contribution in [-0.2, 0) is 16.0 Å². The van der Waals surface area contributed by atoms with Crippen molar-refractivity contribution in [3.05, 3.63) is 35.9 Å². The first-order valence-electron chi connectivity index (χ1n) is 11.4. The van der Waals surface area contributed by atoms with Crippen LogP contribution in [0.2, 0.25) is 0 Å². The number of amides is 4. The zero-order chi connectivity index (χ0) is 21.9. The first kappa shape index (κ1) is 22.5. The van der Waals surface area contributed by atoms with Gasteiger partial charge in [-0.2, -0.15) is 0 Å². The van der Waals surface area contributed by atoms with E-state index < -0.39 is 16.9 Å². The van der Waals surface area contributed by atoms with Crippen molar-refractivity contribution >= 4 is 17.8 Å². The number of rotatable bonds is 8. The summed E-state index contributed by atoms with van der Waals surface area (Å²) in [5.74, 6) is -0.266. The summed E-state index contributed by atoms with van der Waals surface area (Å²) in [6.07, 6.45) is 7.35. The topological polar surface area (TPSA) is 57.7 Å². The molecular formula is C25H36N2O3. The van der Waals surface area contributed by atoms with Crippen LogP contribution < -0.4 is 0 Å². The molecule has 0 aromatic heterocycles. The van der Waals surface area contributed by atoms with Crippen molar-refractivity contribution in [2.75, 3.05) is 13.6 Å². The Hall–Kier alpha value is -2.17. The molecule has 1 aliphatic heterocycles. The van der Waals surface area contributed by atoms with Crippen molar-refractivity contribution < 1.29 is 14.4 Å². The van der Waals surface area contributed by atoms with E-state index in [1.807, 2.05) is 39.0 Å². The van der Waals surface area contributed by atoms with Crippen molar-refractivity contribution in [1.82, 2.24) is 9.80 Å². The number of imide groups is 2. The Morgan fingerprint density at radius 2 is 1.67 bits per heavy atom. The number of carbonyl (C=O) groups excluding carboxylic acids is 3. The van der Waals surface area contributed by atoms with Crippen LogP contribution in [-0.4, -0.2) is 41.2 Å². The Morgan fingerprint density at radius 1 is 1.03 bits per heavy atom. The maximum absolute atomic E-state index is 13.8. The molecule has 1 atom stereocenters. The molecule has 1 aromatic carbocycles. The summed E-state index contributed by atoms with van der Waals surface area (Å²) in [5, 5.41) is 0. The lowest BCUT2D eigenvalue weighted by Crippen LogP contribution is -2.68. The third-order valence-corrected chi connectivity index (χ3v) is 7.51. The Bertz CT molecular complexity index is 783. The zero-order valence-corrected chi connectivity index (χ0v) is 18.9. The van der Waals surface area contributed by atoms with Crippen LogP contribution in [0.5, 0.6) is 0 Å². The van der Waals surface area contributed by atoms with Gasteiger partial charge in [-0.3, -0.25) is 19.4 Å². The molecule has 5 nitrogen and oxygen atoms in total. The average molecular weight is 413 g/mol. The van der Waals surface area contributed by atoms with E-state index in [-0.39, 0.29) is 11.8 Å². The molecule has 0 spiro atoms. The smallest absolute Gasteiger partial charge is 0.273 e. The largest absolute Gasteiger partial charge is 0.333 e. The standard InChI is InChI=1S/C25H36N2O3/c1-5-25(24(2,3)17-11-16-19-12-7-6-8-13-19)21(28)26(4)23(30)27(22(25)29)18-20-14-9-10-15-20/h6-8,12-13,20H,5,9-11,14-18H2,1-4H3. The van der Waals surface area contributed by atoms with Crippen LogP contribution in [0.4, 0.5) is 4.79 Å². The molecular weight excluding hydrogens is 376 g/mol. The molecule has 1 aliphatic carbocycles. The van der Waals surface area contributed by atoms with E-state index in [2.05, 4.69) is 12.1 Å². The first-order valence-corrected chi connectivity index (χ1v) is 11.4. The summed E-state index contributed by atoms with van der Waals surface area (Å²) in [7, 11) is 1.53. The highest BCUT2D eigenvalue weighted by atomic mass is 16.2. The molecule has 3 rings (SSSR count). The van der Waals surface area contributed by atoms with Crippen molar-refractivity contribution in [3.8, 4) is 0 Å². The van der Waals surface area contributed by atoms with Crippen molar-refractivity contribution in [3.63, 3.8) is 0 Å². The molecule has 0 radical (unpaired) electrons. The van der Waals surface area contributed by atoms with Gasteiger partial charge in [-0.1, -0.05) is 63.9 Å². The fourth-order valence-corrected chi connectivity index (χ4v) is 5.53. The first-order chi connectivity index (χ1) is 14.2. The number of benzene rings is 1. The summed E-state index contributed by atoms with van der Waals surface area (Å²) in [4.78, 5) is 42.6. The zero-order valence-electron chi connectivity index (χ0n) is 18.9. The van der Waals surface area contributed by atoms with Gasteiger partial charge in [0, 0.05) is 13.6 Å². The minimum absolute atomic E-state index is 0.283. The van der Waals surface area contributed by atoms with Gasteiger partial charge in [0.05, 0.1) is 0 Å². The van der Waals surface area contributed by atoms with Crippen molar-refractivity contribution in [2.24, 2.45) is 16.7 Å². The van der Waals surface area contributed by atoms with Gasteiger partial charge in [0.2, 0.25) is 11.8 Å². The van der Waals surface area contributed by atoms with E-state index in [0.29, 0.717) is 18.9 Å². The SMILES string of the molecule is CCC1(C(C)(C)CCCc2ccccc2)C(=O)N(C)C(=O)N(CC2CCCC2)C1=O. The second-order valence-electron chi connectivity index (χ2n) is 9.69. The summed E-state index contributed by atoms with van der Waals surface area (Å²) < 4.78 is 0. The molecule has 1 unspecified atom stereocenters. The van der Waals surface area contributed by atoms with Gasteiger partial charge < -0.3 is 0 Å². The minimum Gasteiger partial charge on any atom is -0.273 e. The van der Waals surface area contributed by atoms with Gasteiger partial charge in [-0.25, -0.2) is 4.79 Å². The van der Waals surface area contributed by atoms with Crippen molar-refractivity contribution in [2.45, 2.75) is 72.1 Å². The maximum atomic E-state index is 13.8. The lowest BCUT2D eigenvalue weighted by Gasteiger charge is -2.50. The van der Waals surface area contributed by atoms with Crippen LogP contribution in [0.25, 0.3) is 0 Å². The van der Waals surface area contributed by atoms with E-state index in [4.69, 9.17) is 0 Å². The molecule has 2 fully saturated rings. The summed E-state index contributed by atoms with van der Waals surface area (Å²) in [5.41, 5.74) is -0.478. The Balaban J connectivity index is 1.83. The minimum atomic E-state index is -1.19. The number of nitrogens with zero attached hydrogens (tertiary/aromatic N) is 2. The number of hydrogen-bond donors (Lipinski definition) is 0. The van der Waals surface area contributed by atoms with Crippen LogP contribution in [0.15, 0.2) is 30.3 Å². The van der Waals surface area contributed by atoms with E-state index >= 15 is 0 Å². The normalized spacial score (nSPS) is 23.5. The Kier molecular flexibility index (Phi) is 6.68. The fraction of sp³-hybridized carbons (Fsp3) is 0.640. The molecule has 1 heterocycles. The molecule has 0 N–H and O–H groups in total. The Labute approximate surface area is 180 Å². The van der Waals surface area contributed by atoms with Gasteiger partial charge in [-0.15, -0.1) is 0 Å². The third-order valence-electron chi connectivity index (χ3n) is 7.51. The molecule has 30 heavy (non-hydrogen) atoms. The van der Waals surface area contributed by atoms with Gasteiger partial charge in [0.25, 0.3) is 0 Å². The van der Waals surface area contributed by atoms with Crippen molar-refractivity contribution in [1.29, 1.82) is 0 Å². The third kappa shape index (κ3) is 3.91. The number of aryl methyl sites for hydroxylation is 1. The number of barbiturate groups is 1. The predicted molar refractivity (Wildman–Crippen MR) is 118 cm³/mol. The van der Waals surface area contributed by atoms with Crippen LogP contribution in [0.1, 0.15) is 71.3 Å². The number of carbonyl (C=O) groups is 3. The highest BCUT2D eigenvalue weighted by molar-refractivity contribution is 6.19. The molecule has 164 valence electrons. The number of hydrogen-bond acceptors (Lipinski definition) is 3. The second-order valence-corrected chi connectivity index (χ2v) is 9.69. The average Bonchev–Trinajstić information content (AvgIpc) is 3.24. The molecule has 1 saturated carbocycles. The highest BCUT2D eigenvalue weighted by Crippen LogP contribution is 2.50. The molecule has 1 saturated heterocycles. The summed E-state index contributed by atoms with van der Waals surface area (Å²) in [6, 6.07) is 9.82. The van der Waals surface area contributed by atoms with E-state index in [0.717, 1.165) is 44.9 Å². The van der Waals surface area contributed by atoms with Crippen LogP contribution in [0.3, 0.4) is 0 Å². The van der Waals surface area contributed by atoms with E-state index in [1.165, 1.54) is 22.4 Å². The lowest BCUT2D eigenvalue weighted by atomic mass is 9.59. The highest BCUT2D eigenvalue weighted by Gasteiger charge is 2.62. The summed E-state index contributed by atoms with van der Waals surface area (Å²) >= 11 is 0. The maximum Gasteiger partial charge on any atom is 0.333 e. The molecule has 2 aliphatic rings. The Morgan fingerprint density at radius 3 is 2.27 bits per heavy atom. The molecule has 5 heteroatoms. The predicted octanol–water partition coefficient (Wildman–Crippen LogP) is 5.04.